The Kier molecular flexibility index (Phi) is 10.7. The fourth-order valence-electron chi connectivity index (χ4n) is 3.82. The molecular weight excluding hydrogens is 572 g/mol. The van der Waals surface area contributed by atoms with Gasteiger partial charge in [0, 0.05) is 20.3 Å². The molecule has 0 saturated heterocycles. The zero-order valence-electron chi connectivity index (χ0n) is 22.7. The maximum Gasteiger partial charge on any atom is 0.347 e. The Labute approximate surface area is 236 Å². The number of esters is 2. The van der Waals surface area contributed by atoms with Crippen LogP contribution in [0.2, 0.25) is 0 Å². The van der Waals surface area contributed by atoms with E-state index in [-0.39, 0.29) is 40.7 Å². The van der Waals surface area contributed by atoms with Crippen LogP contribution < -0.4 is 18.9 Å². The normalized spacial score (nSPS) is 10.6. The van der Waals surface area contributed by atoms with Crippen LogP contribution in [-0.4, -0.2) is 46.9 Å². The number of benzene rings is 3. The van der Waals surface area contributed by atoms with Crippen molar-refractivity contribution in [2.24, 2.45) is 0 Å². The zero-order valence-corrected chi connectivity index (χ0v) is 24.3. The third-order valence-corrected chi connectivity index (χ3v) is 6.60. The average Bonchev–Trinajstić information content (AvgIpc) is 2.94. The highest BCUT2D eigenvalue weighted by atomic mass is 79.9. The molecule has 0 saturated carbocycles. The Morgan fingerprint density at radius 3 is 2.13 bits per heavy atom. The Hall–Kier alpha value is -3.60. The molecule has 0 amide bonds. The van der Waals surface area contributed by atoms with E-state index in [4.69, 9.17) is 33.2 Å². The molecule has 39 heavy (non-hydrogen) atoms. The summed E-state index contributed by atoms with van der Waals surface area (Å²) in [5, 5.41) is 0. The van der Waals surface area contributed by atoms with Crippen LogP contribution in [0.5, 0.6) is 23.0 Å². The lowest BCUT2D eigenvalue weighted by atomic mass is 10.0. The second-order valence-corrected chi connectivity index (χ2v) is 9.26. The van der Waals surface area contributed by atoms with E-state index < -0.39 is 11.9 Å². The van der Waals surface area contributed by atoms with Gasteiger partial charge in [0.25, 0.3) is 0 Å². The number of methoxy groups -OCH3 is 3. The lowest BCUT2D eigenvalue weighted by Crippen LogP contribution is -2.17. The van der Waals surface area contributed by atoms with Crippen molar-refractivity contribution in [1.29, 1.82) is 0 Å². The van der Waals surface area contributed by atoms with Crippen LogP contribution >= 0.6 is 15.9 Å². The Morgan fingerprint density at radius 2 is 1.49 bits per heavy atom. The van der Waals surface area contributed by atoms with Crippen molar-refractivity contribution in [3.05, 3.63) is 80.3 Å². The molecule has 0 unspecified atom stereocenters. The summed E-state index contributed by atoms with van der Waals surface area (Å²) in [7, 11) is 4.32. The van der Waals surface area contributed by atoms with Gasteiger partial charge in [-0.3, -0.25) is 0 Å². The van der Waals surface area contributed by atoms with Crippen LogP contribution in [0.15, 0.2) is 46.9 Å². The maximum atomic E-state index is 13.5. The third-order valence-electron chi connectivity index (χ3n) is 5.88. The van der Waals surface area contributed by atoms with Crippen LogP contribution in [0, 0.1) is 20.8 Å². The minimum Gasteiger partial charge on any atom is -0.496 e. The van der Waals surface area contributed by atoms with Crippen molar-refractivity contribution < 1.29 is 42.7 Å². The molecule has 9 nitrogen and oxygen atoms in total. The summed E-state index contributed by atoms with van der Waals surface area (Å²) in [6.45, 7) is 5.16. The molecule has 3 aromatic carbocycles. The first-order valence-electron chi connectivity index (χ1n) is 11.9. The van der Waals surface area contributed by atoms with Gasteiger partial charge in [0.05, 0.1) is 7.11 Å². The fraction of sp³-hybridized carbons (Fsp3) is 0.310. The largest absolute Gasteiger partial charge is 0.496 e. The summed E-state index contributed by atoms with van der Waals surface area (Å²) in [5.41, 5.74) is 3.03. The monoisotopic (exact) mass is 602 g/mol. The molecule has 208 valence electrons. The molecule has 0 atom stereocenters. The number of hydrogen-bond donors (Lipinski definition) is 0. The molecule has 0 aliphatic carbocycles. The lowest BCUT2D eigenvalue weighted by molar-refractivity contribution is -0.0133. The summed E-state index contributed by atoms with van der Waals surface area (Å²) < 4.78 is 38.3. The van der Waals surface area contributed by atoms with Crippen LogP contribution in [0.1, 0.15) is 43.0 Å². The van der Waals surface area contributed by atoms with E-state index in [0.717, 1.165) is 5.56 Å². The van der Waals surface area contributed by atoms with E-state index in [0.29, 0.717) is 34.8 Å². The number of halogens is 1. The highest BCUT2D eigenvalue weighted by Gasteiger charge is 2.29. The van der Waals surface area contributed by atoms with Gasteiger partial charge in [-0.1, -0.05) is 30.3 Å². The molecule has 0 heterocycles. The van der Waals surface area contributed by atoms with Gasteiger partial charge >= 0.3 is 11.9 Å². The Morgan fingerprint density at radius 1 is 0.795 bits per heavy atom. The minimum atomic E-state index is -0.661. The molecule has 3 rings (SSSR count). The highest BCUT2D eigenvalue weighted by molar-refractivity contribution is 9.10. The summed E-state index contributed by atoms with van der Waals surface area (Å²) in [5.74, 6) is -0.188. The quantitative estimate of drug-likeness (QED) is 0.142. The van der Waals surface area contributed by atoms with E-state index in [1.54, 1.807) is 32.9 Å². The van der Waals surface area contributed by atoms with Crippen LogP contribution in [0.4, 0.5) is 0 Å². The van der Waals surface area contributed by atoms with Crippen LogP contribution in [-0.2, 0) is 20.8 Å². The minimum absolute atomic E-state index is 0.109. The molecule has 0 aliphatic rings. The van der Waals surface area contributed by atoms with Gasteiger partial charge in [-0.25, -0.2) is 9.59 Å². The van der Waals surface area contributed by atoms with Crippen molar-refractivity contribution in [1.82, 2.24) is 0 Å². The van der Waals surface area contributed by atoms with Gasteiger partial charge in [0.15, 0.2) is 25.1 Å². The van der Waals surface area contributed by atoms with Crippen LogP contribution in [0.25, 0.3) is 0 Å². The maximum absolute atomic E-state index is 13.5. The number of hydrogen-bond acceptors (Lipinski definition) is 9. The predicted molar refractivity (Wildman–Crippen MR) is 147 cm³/mol. The zero-order chi connectivity index (χ0) is 28.5. The highest BCUT2D eigenvalue weighted by Crippen LogP contribution is 2.44. The summed E-state index contributed by atoms with van der Waals surface area (Å²) >= 11 is 3.45. The second kappa shape index (κ2) is 14.0. The van der Waals surface area contributed by atoms with E-state index in [2.05, 4.69) is 15.9 Å². The SMILES string of the molecule is COCOC(=O)c1c(C)c(C)c(OC(=O)c2c(C)cc(OCc3ccccc3)cc2OC)c(Br)c1OCOC. The van der Waals surface area contributed by atoms with Gasteiger partial charge < -0.3 is 33.2 Å². The van der Waals surface area contributed by atoms with Crippen molar-refractivity contribution in [2.75, 3.05) is 34.9 Å². The first-order chi connectivity index (χ1) is 18.7. The standard InChI is InChI=1S/C29H31BrO9/c1-17-12-21(36-14-20-10-8-7-9-11-20)13-22(35-6)23(17)29(32)39-26-19(3)18(2)24(28(31)38-16-34-5)27(25(26)30)37-15-33-4/h7-13H,14-16H2,1-6H3. The Bertz CT molecular complexity index is 1320. The Balaban J connectivity index is 1.96. The number of aryl methyl sites for hydroxylation is 1. The number of carbonyl (C=O) groups is 2. The van der Waals surface area contributed by atoms with Gasteiger partial charge in [-0.05, 0) is 65.0 Å². The molecule has 3 aromatic rings. The van der Waals surface area contributed by atoms with Crippen LogP contribution in [0.3, 0.4) is 0 Å². The molecule has 0 spiro atoms. The van der Waals surface area contributed by atoms with E-state index in [9.17, 15) is 9.59 Å². The first kappa shape index (κ1) is 29.9. The van der Waals surface area contributed by atoms with Gasteiger partial charge in [0.2, 0.25) is 0 Å². The van der Waals surface area contributed by atoms with E-state index >= 15 is 0 Å². The fourth-order valence-corrected chi connectivity index (χ4v) is 4.52. The average molecular weight is 603 g/mol. The van der Waals surface area contributed by atoms with E-state index in [1.165, 1.54) is 21.3 Å². The molecule has 0 fully saturated rings. The topological polar surface area (TPSA) is 98.8 Å². The molecule has 0 aliphatic heterocycles. The molecular formula is C29H31BrO9. The number of rotatable bonds is 12. The second-order valence-electron chi connectivity index (χ2n) is 8.47. The summed E-state index contributed by atoms with van der Waals surface area (Å²) in [6.07, 6.45) is 0. The van der Waals surface area contributed by atoms with E-state index in [1.807, 2.05) is 30.3 Å². The predicted octanol–water partition coefficient (Wildman–Crippen LogP) is 5.92. The van der Waals surface area contributed by atoms with Gasteiger partial charge in [-0.15, -0.1) is 0 Å². The number of ether oxygens (including phenoxy) is 7. The van der Waals surface area contributed by atoms with Gasteiger partial charge in [-0.2, -0.15) is 0 Å². The van der Waals surface area contributed by atoms with Crippen molar-refractivity contribution >= 4 is 27.9 Å². The van der Waals surface area contributed by atoms with Crippen molar-refractivity contribution in [2.45, 2.75) is 27.4 Å². The molecule has 0 aromatic heterocycles. The summed E-state index contributed by atoms with van der Waals surface area (Å²) in [6, 6.07) is 13.1. The molecule has 0 N–H and O–H groups in total. The lowest BCUT2D eigenvalue weighted by Gasteiger charge is -2.21. The third kappa shape index (κ3) is 7.08. The smallest absolute Gasteiger partial charge is 0.347 e. The molecule has 0 bridgehead atoms. The summed E-state index contributed by atoms with van der Waals surface area (Å²) in [4.78, 5) is 26.3. The van der Waals surface area contributed by atoms with Crippen molar-refractivity contribution in [3.63, 3.8) is 0 Å². The van der Waals surface area contributed by atoms with Crippen molar-refractivity contribution in [3.8, 4) is 23.0 Å². The molecule has 10 heteroatoms. The van der Waals surface area contributed by atoms with Gasteiger partial charge in [0.1, 0.15) is 33.7 Å². The first-order valence-corrected chi connectivity index (χ1v) is 12.7. The number of carbonyl (C=O) groups excluding carboxylic acids is 2. The molecule has 0 radical (unpaired) electrons.